The SMILES string of the molecule is COc1ccc(C(=O)c2cc(I)ccc2Br)c(C)c1. The van der Waals surface area contributed by atoms with E-state index in [-0.39, 0.29) is 5.78 Å². The number of ketones is 1. The Morgan fingerprint density at radius 2 is 1.89 bits per heavy atom. The molecule has 0 aromatic heterocycles. The van der Waals surface area contributed by atoms with Gasteiger partial charge in [-0.1, -0.05) is 15.9 Å². The average Bonchev–Trinajstić information content (AvgIpc) is 2.40. The van der Waals surface area contributed by atoms with Gasteiger partial charge in [-0.05, 0) is 71.5 Å². The molecule has 0 amide bonds. The van der Waals surface area contributed by atoms with Gasteiger partial charge in [0.25, 0.3) is 0 Å². The van der Waals surface area contributed by atoms with Crippen LogP contribution in [-0.4, -0.2) is 12.9 Å². The summed E-state index contributed by atoms with van der Waals surface area (Å²) in [6, 6.07) is 11.2. The van der Waals surface area contributed by atoms with E-state index in [4.69, 9.17) is 4.74 Å². The van der Waals surface area contributed by atoms with Crippen LogP contribution in [0.1, 0.15) is 21.5 Å². The number of carbonyl (C=O) groups excluding carboxylic acids is 1. The van der Waals surface area contributed by atoms with Crippen molar-refractivity contribution in [2.75, 3.05) is 7.11 Å². The Kier molecular flexibility index (Phi) is 4.62. The molecule has 98 valence electrons. The summed E-state index contributed by atoms with van der Waals surface area (Å²) in [4.78, 5) is 12.6. The molecule has 0 saturated heterocycles. The van der Waals surface area contributed by atoms with Crippen LogP contribution in [0.4, 0.5) is 0 Å². The van der Waals surface area contributed by atoms with Gasteiger partial charge in [-0.3, -0.25) is 4.79 Å². The lowest BCUT2D eigenvalue weighted by Gasteiger charge is -2.09. The minimum Gasteiger partial charge on any atom is -0.497 e. The number of aryl methyl sites for hydroxylation is 1. The number of benzene rings is 2. The number of rotatable bonds is 3. The molecule has 0 unspecified atom stereocenters. The van der Waals surface area contributed by atoms with E-state index < -0.39 is 0 Å². The molecule has 2 rings (SSSR count). The highest BCUT2D eigenvalue weighted by Gasteiger charge is 2.15. The van der Waals surface area contributed by atoms with Crippen molar-refractivity contribution >= 4 is 44.3 Å². The van der Waals surface area contributed by atoms with Gasteiger partial charge in [0.1, 0.15) is 5.75 Å². The average molecular weight is 431 g/mol. The highest BCUT2D eigenvalue weighted by molar-refractivity contribution is 14.1. The Morgan fingerprint density at radius 1 is 1.16 bits per heavy atom. The molecule has 0 heterocycles. The normalized spacial score (nSPS) is 10.3. The minimum absolute atomic E-state index is 0.0190. The van der Waals surface area contributed by atoms with E-state index in [0.717, 1.165) is 19.4 Å². The van der Waals surface area contributed by atoms with Crippen LogP contribution in [0.5, 0.6) is 5.75 Å². The second-order valence-corrected chi connectivity index (χ2v) is 6.23. The summed E-state index contributed by atoms with van der Waals surface area (Å²) >= 11 is 5.63. The summed E-state index contributed by atoms with van der Waals surface area (Å²) in [5.74, 6) is 0.779. The van der Waals surface area contributed by atoms with E-state index in [0.29, 0.717) is 11.1 Å². The highest BCUT2D eigenvalue weighted by atomic mass is 127. The number of halogens is 2. The van der Waals surface area contributed by atoms with E-state index in [1.54, 1.807) is 7.11 Å². The van der Waals surface area contributed by atoms with Crippen molar-refractivity contribution < 1.29 is 9.53 Å². The molecule has 0 saturated carbocycles. The lowest BCUT2D eigenvalue weighted by Crippen LogP contribution is -2.05. The molecule has 2 aromatic rings. The molecule has 0 N–H and O–H groups in total. The molecule has 0 radical (unpaired) electrons. The zero-order chi connectivity index (χ0) is 14.0. The third kappa shape index (κ3) is 3.17. The molecule has 0 fully saturated rings. The summed E-state index contributed by atoms with van der Waals surface area (Å²) < 4.78 is 7.01. The van der Waals surface area contributed by atoms with Crippen molar-refractivity contribution in [2.45, 2.75) is 6.92 Å². The maximum Gasteiger partial charge on any atom is 0.194 e. The van der Waals surface area contributed by atoms with Gasteiger partial charge in [-0.25, -0.2) is 0 Å². The molecule has 0 spiro atoms. The van der Waals surface area contributed by atoms with Crippen LogP contribution in [0.25, 0.3) is 0 Å². The summed E-state index contributed by atoms with van der Waals surface area (Å²) in [5.41, 5.74) is 2.29. The van der Waals surface area contributed by atoms with Crippen LogP contribution in [0.2, 0.25) is 0 Å². The number of ether oxygens (including phenoxy) is 1. The number of hydrogen-bond acceptors (Lipinski definition) is 2. The maximum absolute atomic E-state index is 12.6. The molecule has 0 aliphatic heterocycles. The van der Waals surface area contributed by atoms with E-state index >= 15 is 0 Å². The van der Waals surface area contributed by atoms with Crippen LogP contribution >= 0.6 is 38.5 Å². The highest BCUT2D eigenvalue weighted by Crippen LogP contribution is 2.25. The topological polar surface area (TPSA) is 26.3 Å². The monoisotopic (exact) mass is 430 g/mol. The smallest absolute Gasteiger partial charge is 0.194 e. The van der Waals surface area contributed by atoms with Crippen LogP contribution < -0.4 is 4.74 Å². The Hall–Kier alpha value is -0.880. The summed E-state index contributed by atoms with van der Waals surface area (Å²) in [6.07, 6.45) is 0. The predicted octanol–water partition coefficient (Wildman–Crippen LogP) is 4.60. The standard InChI is InChI=1S/C15H12BrIO2/c1-9-7-11(19-2)4-5-12(9)15(18)13-8-10(17)3-6-14(13)16/h3-8H,1-2H3. The first kappa shape index (κ1) is 14.5. The number of carbonyl (C=O) groups is 1. The first-order valence-corrected chi connectivity index (χ1v) is 7.54. The minimum atomic E-state index is 0.0190. The second kappa shape index (κ2) is 6.05. The quantitative estimate of drug-likeness (QED) is 0.525. The summed E-state index contributed by atoms with van der Waals surface area (Å²) in [6.45, 7) is 1.91. The van der Waals surface area contributed by atoms with Crippen LogP contribution in [0.3, 0.4) is 0 Å². The van der Waals surface area contributed by atoms with Crippen LogP contribution in [0.15, 0.2) is 40.9 Å². The van der Waals surface area contributed by atoms with Gasteiger partial charge in [0.15, 0.2) is 5.78 Å². The first-order valence-electron chi connectivity index (χ1n) is 5.67. The Labute approximate surface area is 134 Å². The van der Waals surface area contributed by atoms with Crippen molar-refractivity contribution in [1.82, 2.24) is 0 Å². The van der Waals surface area contributed by atoms with E-state index in [2.05, 4.69) is 38.5 Å². The van der Waals surface area contributed by atoms with Gasteiger partial charge in [-0.15, -0.1) is 0 Å². The zero-order valence-electron chi connectivity index (χ0n) is 10.5. The number of hydrogen-bond donors (Lipinski definition) is 0. The first-order chi connectivity index (χ1) is 9.02. The molecule has 2 aromatic carbocycles. The fraction of sp³-hybridized carbons (Fsp3) is 0.133. The lowest BCUT2D eigenvalue weighted by atomic mass is 9.99. The van der Waals surface area contributed by atoms with E-state index in [1.165, 1.54) is 0 Å². The third-order valence-corrected chi connectivity index (χ3v) is 4.21. The molecule has 0 aliphatic carbocycles. The van der Waals surface area contributed by atoms with Crippen molar-refractivity contribution in [1.29, 1.82) is 0 Å². The lowest BCUT2D eigenvalue weighted by molar-refractivity contribution is 0.103. The van der Waals surface area contributed by atoms with Gasteiger partial charge in [0, 0.05) is 19.2 Å². The number of methoxy groups -OCH3 is 1. The van der Waals surface area contributed by atoms with Gasteiger partial charge in [0.05, 0.1) is 7.11 Å². The van der Waals surface area contributed by atoms with Crippen LogP contribution in [0, 0.1) is 10.5 Å². The fourth-order valence-electron chi connectivity index (χ4n) is 1.83. The van der Waals surface area contributed by atoms with Gasteiger partial charge >= 0.3 is 0 Å². The Bertz CT molecular complexity index is 638. The molecule has 19 heavy (non-hydrogen) atoms. The predicted molar refractivity (Wildman–Crippen MR) is 88.0 cm³/mol. The molecular weight excluding hydrogens is 419 g/mol. The third-order valence-electron chi connectivity index (χ3n) is 2.85. The molecule has 0 aliphatic rings. The van der Waals surface area contributed by atoms with Crippen molar-refractivity contribution in [2.24, 2.45) is 0 Å². The van der Waals surface area contributed by atoms with E-state index in [1.807, 2.05) is 43.3 Å². The molecule has 0 atom stereocenters. The van der Waals surface area contributed by atoms with Gasteiger partial charge in [-0.2, -0.15) is 0 Å². The zero-order valence-corrected chi connectivity index (χ0v) is 14.3. The molecule has 2 nitrogen and oxygen atoms in total. The summed E-state index contributed by atoms with van der Waals surface area (Å²) in [5, 5.41) is 0. The largest absolute Gasteiger partial charge is 0.497 e. The van der Waals surface area contributed by atoms with Crippen molar-refractivity contribution in [3.63, 3.8) is 0 Å². The van der Waals surface area contributed by atoms with Gasteiger partial charge < -0.3 is 4.74 Å². The Morgan fingerprint density at radius 3 is 2.53 bits per heavy atom. The molecule has 4 heteroatoms. The van der Waals surface area contributed by atoms with Crippen molar-refractivity contribution in [3.05, 3.63) is 61.1 Å². The molecule has 0 bridgehead atoms. The van der Waals surface area contributed by atoms with Crippen molar-refractivity contribution in [3.8, 4) is 5.75 Å². The Balaban J connectivity index is 2.47. The fourth-order valence-corrected chi connectivity index (χ4v) is 2.75. The maximum atomic E-state index is 12.6. The molecular formula is C15H12BrIO2. The summed E-state index contributed by atoms with van der Waals surface area (Å²) in [7, 11) is 1.62. The van der Waals surface area contributed by atoms with Gasteiger partial charge in [0.2, 0.25) is 0 Å². The second-order valence-electron chi connectivity index (χ2n) is 4.13. The van der Waals surface area contributed by atoms with Crippen LogP contribution in [-0.2, 0) is 0 Å². The van der Waals surface area contributed by atoms with E-state index in [9.17, 15) is 4.79 Å².